The fraction of sp³-hybridized carbons (Fsp3) is 0.667. The quantitative estimate of drug-likeness (QED) is 0.863. The zero-order valence-corrected chi connectivity index (χ0v) is 14.4. The van der Waals surface area contributed by atoms with Crippen LogP contribution < -0.4 is 4.74 Å². The third kappa shape index (κ3) is 3.45. The van der Waals surface area contributed by atoms with Crippen molar-refractivity contribution in [3.05, 3.63) is 27.7 Å². The van der Waals surface area contributed by atoms with Crippen LogP contribution in [0.5, 0.6) is 5.75 Å². The summed E-state index contributed by atoms with van der Waals surface area (Å²) >= 11 is 3.61. The maximum absolute atomic E-state index is 10.4. The van der Waals surface area contributed by atoms with E-state index in [0.29, 0.717) is 5.92 Å². The highest BCUT2D eigenvalue weighted by Gasteiger charge is 2.30. The average Bonchev–Trinajstić information content (AvgIpc) is 2.91. The third-order valence-corrected chi connectivity index (χ3v) is 5.51. The molecule has 0 spiro atoms. The number of aliphatic hydroxyl groups is 1. The monoisotopic (exact) mass is 352 g/mol. The van der Waals surface area contributed by atoms with E-state index in [1.165, 1.54) is 30.4 Å². The molecule has 3 unspecified atom stereocenters. The van der Waals surface area contributed by atoms with Crippen molar-refractivity contribution in [2.75, 3.05) is 6.61 Å². The van der Waals surface area contributed by atoms with E-state index in [-0.39, 0.29) is 6.10 Å². The number of hydrogen-bond acceptors (Lipinski definition) is 2. The summed E-state index contributed by atoms with van der Waals surface area (Å²) in [4.78, 5) is 0. The summed E-state index contributed by atoms with van der Waals surface area (Å²) in [6.45, 7) is 3.06. The van der Waals surface area contributed by atoms with E-state index in [2.05, 4.69) is 35.0 Å². The van der Waals surface area contributed by atoms with E-state index in [4.69, 9.17) is 4.74 Å². The average molecular weight is 353 g/mol. The molecule has 116 valence electrons. The molecule has 0 bridgehead atoms. The summed E-state index contributed by atoms with van der Waals surface area (Å²) in [7, 11) is 0. The van der Waals surface area contributed by atoms with Gasteiger partial charge >= 0.3 is 0 Å². The van der Waals surface area contributed by atoms with Gasteiger partial charge in [0.05, 0.1) is 12.7 Å². The van der Waals surface area contributed by atoms with Gasteiger partial charge in [-0.2, -0.15) is 0 Å². The maximum atomic E-state index is 10.4. The van der Waals surface area contributed by atoms with E-state index >= 15 is 0 Å². The Bertz CT molecular complexity index is 500. The van der Waals surface area contributed by atoms with E-state index in [1.54, 1.807) is 0 Å². The van der Waals surface area contributed by atoms with E-state index in [1.807, 2.05) is 0 Å². The minimum Gasteiger partial charge on any atom is -0.493 e. The highest BCUT2D eigenvalue weighted by molar-refractivity contribution is 9.10. The molecular formula is C18H25BrO2. The smallest absolute Gasteiger partial charge is 0.125 e. The van der Waals surface area contributed by atoms with Crippen LogP contribution in [0.3, 0.4) is 0 Å². The van der Waals surface area contributed by atoms with E-state index < -0.39 is 0 Å². The Morgan fingerprint density at radius 3 is 3.00 bits per heavy atom. The first-order valence-corrected chi connectivity index (χ1v) is 9.08. The molecule has 0 radical (unpaired) electrons. The van der Waals surface area contributed by atoms with Crippen LogP contribution in [-0.2, 0) is 12.8 Å². The summed E-state index contributed by atoms with van der Waals surface area (Å²) < 4.78 is 6.97. The van der Waals surface area contributed by atoms with Crippen molar-refractivity contribution in [1.29, 1.82) is 0 Å². The zero-order chi connectivity index (χ0) is 14.8. The lowest BCUT2D eigenvalue weighted by molar-refractivity contribution is 0.0460. The van der Waals surface area contributed by atoms with Crippen LogP contribution in [0.2, 0.25) is 0 Å². The molecule has 1 aliphatic heterocycles. The van der Waals surface area contributed by atoms with Gasteiger partial charge in [0, 0.05) is 10.9 Å². The summed E-state index contributed by atoms with van der Waals surface area (Å²) in [5.41, 5.74) is 2.59. The minimum absolute atomic E-state index is 0.144. The van der Waals surface area contributed by atoms with Crippen LogP contribution in [-0.4, -0.2) is 17.8 Å². The summed E-state index contributed by atoms with van der Waals surface area (Å²) in [6, 6.07) is 4.35. The molecular weight excluding hydrogens is 328 g/mol. The molecule has 2 nitrogen and oxygen atoms in total. The molecule has 1 aromatic carbocycles. The Labute approximate surface area is 136 Å². The number of halogens is 1. The lowest BCUT2D eigenvalue weighted by Gasteiger charge is -2.33. The molecule has 3 atom stereocenters. The molecule has 1 fully saturated rings. The first-order valence-electron chi connectivity index (χ1n) is 8.29. The number of benzene rings is 1. The number of fused-ring (bicyclic) bond motifs is 1. The second-order valence-corrected chi connectivity index (χ2v) is 7.57. The fourth-order valence-electron chi connectivity index (χ4n) is 4.02. The molecule has 3 heteroatoms. The van der Waals surface area contributed by atoms with E-state index in [9.17, 15) is 5.11 Å². The lowest BCUT2D eigenvalue weighted by Crippen LogP contribution is -2.30. The van der Waals surface area contributed by atoms with Gasteiger partial charge in [-0.3, -0.25) is 0 Å². The van der Waals surface area contributed by atoms with Crippen molar-refractivity contribution in [3.63, 3.8) is 0 Å². The standard InChI is InChI=1S/C18H25BrO2/c1-2-3-12-4-5-17(20)14(8-12)9-15-11-16(19)10-13-6-7-21-18(13)15/h10-12,14,17,20H,2-9H2,1H3. The molecule has 3 rings (SSSR count). The Kier molecular flexibility index (Phi) is 4.90. The predicted molar refractivity (Wildman–Crippen MR) is 88.8 cm³/mol. The van der Waals surface area contributed by atoms with Gasteiger partial charge in [-0.1, -0.05) is 35.7 Å². The van der Waals surface area contributed by atoms with Gasteiger partial charge in [-0.25, -0.2) is 0 Å². The van der Waals surface area contributed by atoms with Crippen molar-refractivity contribution in [2.45, 2.75) is 58.0 Å². The highest BCUT2D eigenvalue weighted by Crippen LogP contribution is 2.39. The normalized spacial score (nSPS) is 28.2. The zero-order valence-electron chi connectivity index (χ0n) is 12.8. The van der Waals surface area contributed by atoms with Crippen LogP contribution in [0.15, 0.2) is 16.6 Å². The van der Waals surface area contributed by atoms with Gasteiger partial charge in [-0.15, -0.1) is 0 Å². The predicted octanol–water partition coefficient (Wildman–Crippen LogP) is 4.50. The van der Waals surface area contributed by atoms with Crippen molar-refractivity contribution < 1.29 is 9.84 Å². The Balaban J connectivity index is 1.76. The highest BCUT2D eigenvalue weighted by atomic mass is 79.9. The SMILES string of the molecule is CCCC1CCC(O)C(Cc2cc(Br)cc3c2OCC3)C1. The van der Waals surface area contributed by atoms with Crippen LogP contribution >= 0.6 is 15.9 Å². The number of ether oxygens (including phenoxy) is 1. The van der Waals surface area contributed by atoms with E-state index in [0.717, 1.165) is 48.4 Å². The molecule has 0 saturated heterocycles. The molecule has 21 heavy (non-hydrogen) atoms. The summed E-state index contributed by atoms with van der Waals surface area (Å²) in [5, 5.41) is 10.4. The molecule has 0 aromatic heterocycles. The van der Waals surface area contributed by atoms with Gasteiger partial charge in [-0.05, 0) is 60.8 Å². The van der Waals surface area contributed by atoms with Crippen molar-refractivity contribution in [2.24, 2.45) is 11.8 Å². The van der Waals surface area contributed by atoms with Crippen molar-refractivity contribution in [3.8, 4) is 5.75 Å². The number of hydrogen-bond donors (Lipinski definition) is 1. The number of rotatable bonds is 4. The van der Waals surface area contributed by atoms with Gasteiger partial charge in [0.1, 0.15) is 5.75 Å². The van der Waals surface area contributed by atoms with Gasteiger partial charge in [0.2, 0.25) is 0 Å². The first kappa shape index (κ1) is 15.4. The molecule has 0 amide bonds. The van der Waals surface area contributed by atoms with Crippen molar-refractivity contribution >= 4 is 15.9 Å². The summed E-state index contributed by atoms with van der Waals surface area (Å²) in [6.07, 6.45) is 7.69. The molecule has 1 heterocycles. The van der Waals surface area contributed by atoms with Gasteiger partial charge < -0.3 is 9.84 Å². The summed E-state index contributed by atoms with van der Waals surface area (Å²) in [5.74, 6) is 2.27. The molecule has 1 saturated carbocycles. The Morgan fingerprint density at radius 2 is 2.19 bits per heavy atom. The lowest BCUT2D eigenvalue weighted by atomic mass is 9.75. The molecule has 1 aliphatic carbocycles. The second kappa shape index (κ2) is 6.70. The molecule has 1 aromatic rings. The third-order valence-electron chi connectivity index (χ3n) is 5.06. The Hall–Kier alpha value is -0.540. The van der Waals surface area contributed by atoms with Gasteiger partial charge in [0.15, 0.2) is 0 Å². The fourth-order valence-corrected chi connectivity index (χ4v) is 4.57. The largest absolute Gasteiger partial charge is 0.493 e. The maximum Gasteiger partial charge on any atom is 0.125 e. The van der Waals surface area contributed by atoms with Crippen LogP contribution in [0, 0.1) is 11.8 Å². The Morgan fingerprint density at radius 1 is 1.33 bits per heavy atom. The van der Waals surface area contributed by atoms with Crippen molar-refractivity contribution in [1.82, 2.24) is 0 Å². The number of aliphatic hydroxyl groups excluding tert-OH is 1. The first-order chi connectivity index (χ1) is 10.2. The van der Waals surface area contributed by atoms with Crippen LogP contribution in [0.1, 0.15) is 50.2 Å². The topological polar surface area (TPSA) is 29.5 Å². The molecule has 1 N–H and O–H groups in total. The van der Waals surface area contributed by atoms with Gasteiger partial charge in [0.25, 0.3) is 0 Å². The van der Waals surface area contributed by atoms with Crippen LogP contribution in [0.4, 0.5) is 0 Å². The van der Waals surface area contributed by atoms with Crippen LogP contribution in [0.25, 0.3) is 0 Å². The minimum atomic E-state index is -0.144. The second-order valence-electron chi connectivity index (χ2n) is 6.65. The molecule has 2 aliphatic rings.